The Kier molecular flexibility index (Phi) is 4.90. The van der Waals surface area contributed by atoms with E-state index in [1.165, 1.54) is 6.92 Å². The van der Waals surface area contributed by atoms with E-state index in [0.717, 1.165) is 5.56 Å². The van der Waals surface area contributed by atoms with Crippen LogP contribution in [-0.2, 0) is 4.79 Å². The zero-order valence-corrected chi connectivity index (χ0v) is 12.4. The van der Waals surface area contributed by atoms with Crippen LogP contribution < -0.4 is 15.4 Å². The van der Waals surface area contributed by atoms with E-state index >= 15 is 0 Å². The predicted octanol–water partition coefficient (Wildman–Crippen LogP) is 3.11. The maximum Gasteiger partial charge on any atom is 0.221 e. The summed E-state index contributed by atoms with van der Waals surface area (Å²) in [4.78, 5) is 15.5. The quantitative estimate of drug-likeness (QED) is 0.886. The molecule has 110 valence electrons. The number of ether oxygens (including phenoxy) is 1. The van der Waals surface area contributed by atoms with Gasteiger partial charge in [0.2, 0.25) is 11.8 Å². The zero-order chi connectivity index (χ0) is 15.2. The van der Waals surface area contributed by atoms with Gasteiger partial charge >= 0.3 is 0 Å². The number of benzene rings is 1. The number of nitrogens with one attached hydrogen (secondary N) is 2. The molecule has 5 nitrogen and oxygen atoms in total. The van der Waals surface area contributed by atoms with E-state index in [2.05, 4.69) is 22.5 Å². The Morgan fingerprint density at radius 3 is 2.62 bits per heavy atom. The van der Waals surface area contributed by atoms with Gasteiger partial charge in [-0.1, -0.05) is 18.2 Å². The van der Waals surface area contributed by atoms with E-state index < -0.39 is 0 Å². The molecule has 2 rings (SSSR count). The van der Waals surface area contributed by atoms with E-state index in [1.54, 1.807) is 18.3 Å². The minimum atomic E-state index is -0.141. The molecule has 0 saturated heterocycles. The van der Waals surface area contributed by atoms with E-state index in [1.807, 2.05) is 31.3 Å². The number of aromatic nitrogens is 1. The van der Waals surface area contributed by atoms with Gasteiger partial charge in [0.1, 0.15) is 0 Å². The Bertz CT molecular complexity index is 611. The van der Waals surface area contributed by atoms with E-state index in [-0.39, 0.29) is 11.9 Å². The van der Waals surface area contributed by atoms with Crippen molar-refractivity contribution in [2.75, 3.05) is 12.4 Å². The first-order valence-corrected chi connectivity index (χ1v) is 6.78. The maximum atomic E-state index is 11.2. The molecule has 0 aliphatic rings. The molecule has 2 N–H and O–H groups in total. The molecule has 1 aromatic carbocycles. The molecule has 0 saturated carbocycles. The number of pyridine rings is 1. The molecule has 0 bridgehead atoms. The molecule has 1 amide bonds. The fourth-order valence-electron chi connectivity index (χ4n) is 1.84. The van der Waals surface area contributed by atoms with E-state index in [9.17, 15) is 4.79 Å². The number of anilines is 1. The van der Waals surface area contributed by atoms with Crippen molar-refractivity contribution < 1.29 is 9.53 Å². The number of carbonyl (C=O) groups excluding carboxylic acids is 1. The molecule has 0 aliphatic carbocycles. The van der Waals surface area contributed by atoms with Crippen LogP contribution in [0.5, 0.6) is 11.6 Å². The second kappa shape index (κ2) is 6.85. The first-order valence-electron chi connectivity index (χ1n) is 6.78. The van der Waals surface area contributed by atoms with Crippen molar-refractivity contribution in [3.63, 3.8) is 0 Å². The number of nitrogens with zero attached hydrogens (tertiary/aromatic N) is 1. The Hall–Kier alpha value is -2.40. The molecular weight excluding hydrogens is 266 g/mol. The van der Waals surface area contributed by atoms with Crippen molar-refractivity contribution in [3.05, 3.63) is 48.2 Å². The summed E-state index contributed by atoms with van der Waals surface area (Å²) in [6.45, 7) is 3.52. The minimum Gasteiger partial charge on any atom is -0.437 e. The number of rotatable bonds is 5. The minimum absolute atomic E-state index is 0.141. The van der Waals surface area contributed by atoms with Gasteiger partial charge in [0.25, 0.3) is 0 Å². The van der Waals surface area contributed by atoms with Crippen LogP contribution in [0.3, 0.4) is 0 Å². The Morgan fingerprint density at radius 1 is 1.24 bits per heavy atom. The van der Waals surface area contributed by atoms with Gasteiger partial charge < -0.3 is 15.4 Å². The first-order chi connectivity index (χ1) is 10.1. The zero-order valence-electron chi connectivity index (χ0n) is 12.4. The first kappa shape index (κ1) is 15.0. The molecule has 5 heteroatoms. The molecule has 1 aromatic heterocycles. The van der Waals surface area contributed by atoms with Crippen molar-refractivity contribution >= 4 is 11.6 Å². The highest BCUT2D eigenvalue weighted by atomic mass is 16.5. The lowest BCUT2D eigenvalue weighted by molar-refractivity contribution is -0.114. The third-order valence-corrected chi connectivity index (χ3v) is 3.10. The number of amides is 1. The SMILES string of the molecule is CNC(C)c1ccc(Oc2ccccc2NC(C)=O)nc1. The fourth-order valence-corrected chi connectivity index (χ4v) is 1.84. The van der Waals surface area contributed by atoms with Gasteiger partial charge in [-0.15, -0.1) is 0 Å². The van der Waals surface area contributed by atoms with Gasteiger partial charge in [-0.2, -0.15) is 0 Å². The Balaban J connectivity index is 2.16. The third-order valence-electron chi connectivity index (χ3n) is 3.10. The average Bonchev–Trinajstić information content (AvgIpc) is 2.49. The number of para-hydroxylation sites is 2. The van der Waals surface area contributed by atoms with Crippen LogP contribution in [-0.4, -0.2) is 17.9 Å². The highest BCUT2D eigenvalue weighted by molar-refractivity contribution is 5.90. The molecular formula is C16H19N3O2. The van der Waals surface area contributed by atoms with Crippen LogP contribution in [0.15, 0.2) is 42.6 Å². The summed E-state index contributed by atoms with van der Waals surface area (Å²) >= 11 is 0. The van der Waals surface area contributed by atoms with Crippen molar-refractivity contribution in [1.29, 1.82) is 0 Å². The monoisotopic (exact) mass is 285 g/mol. The molecule has 2 aromatic rings. The Morgan fingerprint density at radius 2 is 2.00 bits per heavy atom. The lowest BCUT2D eigenvalue weighted by Gasteiger charge is -2.12. The van der Waals surface area contributed by atoms with Crippen LogP contribution in [0.4, 0.5) is 5.69 Å². The Labute approximate surface area is 124 Å². The van der Waals surface area contributed by atoms with Gasteiger partial charge in [0.05, 0.1) is 5.69 Å². The van der Waals surface area contributed by atoms with Crippen molar-refractivity contribution in [2.24, 2.45) is 0 Å². The lowest BCUT2D eigenvalue weighted by atomic mass is 10.1. The van der Waals surface area contributed by atoms with Crippen LogP contribution >= 0.6 is 0 Å². The number of hydrogen-bond acceptors (Lipinski definition) is 4. The summed E-state index contributed by atoms with van der Waals surface area (Å²) in [6.07, 6.45) is 1.78. The molecule has 1 atom stereocenters. The van der Waals surface area contributed by atoms with Crippen molar-refractivity contribution in [1.82, 2.24) is 10.3 Å². The highest BCUT2D eigenvalue weighted by Gasteiger charge is 2.08. The molecule has 0 spiro atoms. The fraction of sp³-hybridized carbons (Fsp3) is 0.250. The number of carbonyl (C=O) groups is 1. The molecule has 0 fully saturated rings. The normalized spacial score (nSPS) is 11.8. The standard InChI is InChI=1S/C16H19N3O2/c1-11(17-3)13-8-9-16(18-10-13)21-15-7-5-4-6-14(15)19-12(2)20/h4-11,17H,1-3H3,(H,19,20). The van der Waals surface area contributed by atoms with Gasteiger partial charge in [-0.3, -0.25) is 4.79 Å². The van der Waals surface area contributed by atoms with E-state index in [4.69, 9.17) is 4.74 Å². The highest BCUT2D eigenvalue weighted by Crippen LogP contribution is 2.28. The maximum absolute atomic E-state index is 11.2. The van der Waals surface area contributed by atoms with E-state index in [0.29, 0.717) is 17.3 Å². The molecule has 0 aliphatic heterocycles. The van der Waals surface area contributed by atoms with Gasteiger partial charge in [-0.25, -0.2) is 4.98 Å². The van der Waals surface area contributed by atoms with Crippen molar-refractivity contribution in [3.8, 4) is 11.6 Å². The third kappa shape index (κ3) is 4.03. The topological polar surface area (TPSA) is 63.2 Å². The van der Waals surface area contributed by atoms with Crippen LogP contribution in [0, 0.1) is 0 Å². The predicted molar refractivity (Wildman–Crippen MR) is 82.5 cm³/mol. The molecule has 1 heterocycles. The second-order valence-corrected chi connectivity index (χ2v) is 4.72. The second-order valence-electron chi connectivity index (χ2n) is 4.72. The lowest BCUT2D eigenvalue weighted by Crippen LogP contribution is -2.12. The molecule has 0 radical (unpaired) electrons. The van der Waals surface area contributed by atoms with Crippen LogP contribution in [0.25, 0.3) is 0 Å². The number of hydrogen-bond donors (Lipinski definition) is 2. The van der Waals surface area contributed by atoms with Crippen LogP contribution in [0.2, 0.25) is 0 Å². The summed E-state index contributed by atoms with van der Waals surface area (Å²) in [7, 11) is 1.90. The molecule has 21 heavy (non-hydrogen) atoms. The summed E-state index contributed by atoms with van der Waals surface area (Å²) in [5.41, 5.74) is 1.71. The van der Waals surface area contributed by atoms with Crippen LogP contribution in [0.1, 0.15) is 25.5 Å². The smallest absolute Gasteiger partial charge is 0.221 e. The summed E-state index contributed by atoms with van der Waals surface area (Å²) in [6, 6.07) is 11.3. The summed E-state index contributed by atoms with van der Waals surface area (Å²) in [5, 5.41) is 5.88. The van der Waals surface area contributed by atoms with Crippen molar-refractivity contribution in [2.45, 2.75) is 19.9 Å². The average molecular weight is 285 g/mol. The molecule has 1 unspecified atom stereocenters. The van der Waals surface area contributed by atoms with Gasteiger partial charge in [0, 0.05) is 25.2 Å². The largest absolute Gasteiger partial charge is 0.437 e. The summed E-state index contributed by atoms with van der Waals surface area (Å²) in [5.74, 6) is 0.909. The summed E-state index contributed by atoms with van der Waals surface area (Å²) < 4.78 is 5.73. The van der Waals surface area contributed by atoms with Gasteiger partial charge in [0.15, 0.2) is 5.75 Å². The van der Waals surface area contributed by atoms with Gasteiger partial charge in [-0.05, 0) is 31.7 Å².